The first-order chi connectivity index (χ1) is 13.1. The number of aromatic nitrogens is 2. The van der Waals surface area contributed by atoms with Crippen LogP contribution in [0.4, 0.5) is 8.78 Å². The number of fused-ring (bicyclic) bond motifs is 1. The van der Waals surface area contributed by atoms with Gasteiger partial charge in [0.15, 0.2) is 0 Å². The summed E-state index contributed by atoms with van der Waals surface area (Å²) in [7, 11) is 0. The van der Waals surface area contributed by atoms with Crippen LogP contribution < -0.4 is 5.32 Å². The fourth-order valence-corrected chi connectivity index (χ4v) is 4.54. The quantitative estimate of drug-likeness (QED) is 0.859. The topological polar surface area (TPSA) is 33.1 Å². The third-order valence-electron chi connectivity index (χ3n) is 5.84. The molecule has 1 aromatic carbocycles. The molecular formula is C21H28F2N4. The second-order valence-electron chi connectivity index (χ2n) is 7.81. The van der Waals surface area contributed by atoms with Crippen LogP contribution in [0.25, 0.3) is 5.69 Å². The largest absolute Gasteiger partial charge is 0.307 e. The highest BCUT2D eigenvalue weighted by Crippen LogP contribution is 2.32. The monoisotopic (exact) mass is 374 g/mol. The molecule has 2 aliphatic rings. The molecule has 1 unspecified atom stereocenters. The van der Waals surface area contributed by atoms with Crippen LogP contribution in [0.15, 0.2) is 24.4 Å². The van der Waals surface area contributed by atoms with Gasteiger partial charge >= 0.3 is 0 Å². The van der Waals surface area contributed by atoms with E-state index < -0.39 is 11.6 Å². The van der Waals surface area contributed by atoms with Crippen molar-refractivity contribution in [2.24, 2.45) is 0 Å². The number of piperidine rings is 1. The van der Waals surface area contributed by atoms with Gasteiger partial charge in [-0.1, -0.05) is 6.92 Å². The molecule has 0 bridgehead atoms. The van der Waals surface area contributed by atoms with Crippen molar-refractivity contribution in [3.8, 4) is 5.69 Å². The van der Waals surface area contributed by atoms with Crippen molar-refractivity contribution < 1.29 is 8.78 Å². The van der Waals surface area contributed by atoms with E-state index >= 15 is 0 Å². The van der Waals surface area contributed by atoms with Crippen molar-refractivity contribution in [3.05, 3.63) is 47.3 Å². The van der Waals surface area contributed by atoms with Crippen molar-refractivity contribution in [2.75, 3.05) is 19.6 Å². The maximum atomic E-state index is 13.6. The summed E-state index contributed by atoms with van der Waals surface area (Å²) in [4.78, 5) is 2.54. The molecule has 1 aliphatic heterocycles. The fraction of sp³-hybridized carbons (Fsp3) is 0.571. The summed E-state index contributed by atoms with van der Waals surface area (Å²) in [5, 5.41) is 8.30. The highest BCUT2D eigenvalue weighted by atomic mass is 19.1. The first-order valence-electron chi connectivity index (χ1n) is 10.2. The van der Waals surface area contributed by atoms with Crippen LogP contribution in [0.1, 0.15) is 56.3 Å². The van der Waals surface area contributed by atoms with Gasteiger partial charge in [-0.15, -0.1) is 0 Å². The second kappa shape index (κ2) is 8.07. The Balaban J connectivity index is 1.49. The molecule has 4 rings (SSSR count). The van der Waals surface area contributed by atoms with E-state index in [1.165, 1.54) is 43.5 Å². The molecule has 0 amide bonds. The molecule has 1 aliphatic carbocycles. The minimum absolute atomic E-state index is 0.281. The van der Waals surface area contributed by atoms with Gasteiger partial charge in [0, 0.05) is 29.4 Å². The van der Waals surface area contributed by atoms with E-state index in [1.54, 1.807) is 4.68 Å². The summed E-state index contributed by atoms with van der Waals surface area (Å²) < 4.78 is 29.0. The Morgan fingerprint density at radius 3 is 2.56 bits per heavy atom. The molecule has 0 saturated carbocycles. The molecule has 146 valence electrons. The Bertz CT molecular complexity index is 760. The van der Waals surface area contributed by atoms with E-state index in [4.69, 9.17) is 0 Å². The molecule has 1 saturated heterocycles. The summed E-state index contributed by atoms with van der Waals surface area (Å²) in [6.07, 6.45) is 8.48. The Kier molecular flexibility index (Phi) is 5.55. The van der Waals surface area contributed by atoms with Crippen LogP contribution in [-0.2, 0) is 6.42 Å². The van der Waals surface area contributed by atoms with Crippen molar-refractivity contribution in [3.63, 3.8) is 0 Å². The molecule has 0 spiro atoms. The van der Waals surface area contributed by atoms with Gasteiger partial charge in [-0.2, -0.15) is 5.10 Å². The molecule has 1 fully saturated rings. The smallest absolute Gasteiger partial charge is 0.128 e. The Morgan fingerprint density at radius 2 is 1.85 bits per heavy atom. The maximum Gasteiger partial charge on any atom is 0.128 e. The van der Waals surface area contributed by atoms with E-state index in [-0.39, 0.29) is 6.04 Å². The lowest BCUT2D eigenvalue weighted by Crippen LogP contribution is -2.44. The standard InChI is InChI=1S/C21H28F2N4/c1-2-8-26-9-6-17(7-10-26)25-20-4-3-5-21-19(20)14-24-27(21)18-12-15(22)11-16(23)13-18/h11-14,17,20,25H,2-10H2,1H3. The average molecular weight is 374 g/mol. The molecule has 0 radical (unpaired) electrons. The van der Waals surface area contributed by atoms with Gasteiger partial charge in [-0.05, 0) is 70.3 Å². The zero-order valence-corrected chi connectivity index (χ0v) is 15.9. The van der Waals surface area contributed by atoms with Crippen molar-refractivity contribution in [2.45, 2.75) is 57.5 Å². The number of hydrogen-bond donors (Lipinski definition) is 1. The number of nitrogens with zero attached hydrogens (tertiary/aromatic N) is 3. The fourth-order valence-electron chi connectivity index (χ4n) is 4.54. The molecule has 6 heteroatoms. The molecular weight excluding hydrogens is 346 g/mol. The van der Waals surface area contributed by atoms with Crippen molar-refractivity contribution >= 4 is 0 Å². The van der Waals surface area contributed by atoms with Gasteiger partial charge in [-0.25, -0.2) is 13.5 Å². The molecule has 27 heavy (non-hydrogen) atoms. The molecule has 2 heterocycles. The third-order valence-corrected chi connectivity index (χ3v) is 5.84. The van der Waals surface area contributed by atoms with Gasteiger partial charge in [0.2, 0.25) is 0 Å². The number of benzene rings is 1. The molecule has 4 nitrogen and oxygen atoms in total. The Labute approximate surface area is 159 Å². The first kappa shape index (κ1) is 18.6. The zero-order valence-electron chi connectivity index (χ0n) is 15.9. The van der Waals surface area contributed by atoms with Crippen LogP contribution in [0.5, 0.6) is 0 Å². The van der Waals surface area contributed by atoms with Gasteiger partial charge < -0.3 is 10.2 Å². The molecule has 1 atom stereocenters. The number of hydrogen-bond acceptors (Lipinski definition) is 3. The van der Waals surface area contributed by atoms with Crippen molar-refractivity contribution in [1.82, 2.24) is 20.0 Å². The number of likely N-dealkylation sites (tertiary alicyclic amines) is 1. The summed E-state index contributed by atoms with van der Waals surface area (Å²) in [6.45, 7) is 5.74. The van der Waals surface area contributed by atoms with Crippen LogP contribution in [-0.4, -0.2) is 40.4 Å². The minimum Gasteiger partial charge on any atom is -0.307 e. The van der Waals surface area contributed by atoms with Crippen LogP contribution in [0, 0.1) is 11.6 Å². The van der Waals surface area contributed by atoms with Crippen LogP contribution >= 0.6 is 0 Å². The molecule has 1 N–H and O–H groups in total. The van der Waals surface area contributed by atoms with Crippen LogP contribution in [0.3, 0.4) is 0 Å². The van der Waals surface area contributed by atoms with Gasteiger partial charge in [-0.3, -0.25) is 0 Å². The highest BCUT2D eigenvalue weighted by molar-refractivity contribution is 5.38. The van der Waals surface area contributed by atoms with E-state index in [1.807, 2.05) is 6.20 Å². The third kappa shape index (κ3) is 4.06. The number of halogens is 2. The summed E-state index contributed by atoms with van der Waals surface area (Å²) >= 11 is 0. The normalized spacial score (nSPS) is 21.4. The Morgan fingerprint density at radius 1 is 1.11 bits per heavy atom. The summed E-state index contributed by atoms with van der Waals surface area (Å²) in [5.41, 5.74) is 2.72. The number of nitrogens with one attached hydrogen (secondary N) is 1. The first-order valence-corrected chi connectivity index (χ1v) is 10.2. The molecule has 2 aromatic rings. The zero-order chi connectivity index (χ0) is 18.8. The lowest BCUT2D eigenvalue weighted by Gasteiger charge is -2.35. The minimum atomic E-state index is -0.571. The average Bonchev–Trinajstić information content (AvgIpc) is 3.08. The molecule has 1 aromatic heterocycles. The Hall–Kier alpha value is -1.79. The predicted octanol–water partition coefficient (Wildman–Crippen LogP) is 3.99. The summed E-state index contributed by atoms with van der Waals surface area (Å²) in [5.74, 6) is -1.14. The van der Waals surface area contributed by atoms with Gasteiger partial charge in [0.1, 0.15) is 11.6 Å². The maximum absolute atomic E-state index is 13.6. The van der Waals surface area contributed by atoms with E-state index in [0.717, 1.165) is 44.1 Å². The lowest BCUT2D eigenvalue weighted by atomic mass is 9.91. The highest BCUT2D eigenvalue weighted by Gasteiger charge is 2.28. The van der Waals surface area contributed by atoms with Gasteiger partial charge in [0.25, 0.3) is 0 Å². The number of rotatable bonds is 5. The van der Waals surface area contributed by atoms with E-state index in [9.17, 15) is 8.78 Å². The van der Waals surface area contributed by atoms with E-state index in [2.05, 4.69) is 22.2 Å². The van der Waals surface area contributed by atoms with Crippen molar-refractivity contribution in [1.29, 1.82) is 0 Å². The SMILES string of the molecule is CCCN1CCC(NC2CCCc3c2cnn3-c2cc(F)cc(F)c2)CC1. The van der Waals surface area contributed by atoms with Crippen LogP contribution in [0.2, 0.25) is 0 Å². The summed E-state index contributed by atoms with van der Waals surface area (Å²) in [6, 6.07) is 4.40. The van der Waals surface area contributed by atoms with Gasteiger partial charge in [0.05, 0.1) is 11.9 Å². The van der Waals surface area contributed by atoms with E-state index in [0.29, 0.717) is 11.7 Å². The lowest BCUT2D eigenvalue weighted by molar-refractivity contribution is 0.188. The second-order valence-corrected chi connectivity index (χ2v) is 7.81. The predicted molar refractivity (Wildman–Crippen MR) is 102 cm³/mol.